The summed E-state index contributed by atoms with van der Waals surface area (Å²) in [6.07, 6.45) is -5.93. The van der Waals surface area contributed by atoms with Crippen LogP contribution in [0.5, 0.6) is 0 Å². The second-order valence-corrected chi connectivity index (χ2v) is 8.16. The normalized spacial score (nSPS) is 14.9. The number of alkyl halides is 16. The van der Waals surface area contributed by atoms with E-state index < -0.39 is 59.5 Å². The molecule has 0 saturated carbocycles. The van der Waals surface area contributed by atoms with Crippen LogP contribution in [0.4, 0.5) is 75.9 Å². The van der Waals surface area contributed by atoms with Crippen molar-refractivity contribution in [3.8, 4) is 0 Å². The van der Waals surface area contributed by atoms with Crippen LogP contribution in [0.15, 0.2) is 27.1 Å². The van der Waals surface area contributed by atoms with E-state index in [9.17, 15) is 75.0 Å². The van der Waals surface area contributed by atoms with E-state index in [0.29, 0.717) is 12.1 Å². The molecule has 2 nitrogen and oxygen atoms in total. The molecule has 0 aromatic heterocycles. The van der Waals surface area contributed by atoms with E-state index in [1.165, 1.54) is 0 Å². The molecule has 0 spiro atoms. The lowest BCUT2D eigenvalue weighted by Crippen LogP contribution is -2.74. The first kappa shape index (κ1) is 31.6. The van der Waals surface area contributed by atoms with Crippen molar-refractivity contribution in [2.24, 2.45) is 0 Å². The minimum atomic E-state index is -8.56. The highest BCUT2D eigenvalue weighted by molar-refractivity contribution is 9.13. The zero-order chi connectivity index (χ0) is 28.2. The number of hydrogen-bond donors (Lipinski definition) is 1. The molecule has 1 aromatic carbocycles. The molecule has 0 radical (unpaired) electrons. The fourth-order valence-corrected chi connectivity index (χ4v) is 2.69. The van der Waals surface area contributed by atoms with Gasteiger partial charge in [-0.3, -0.25) is 4.79 Å². The number of nitrogens with one attached hydrogen (secondary N) is 1. The number of benzene rings is 1. The quantitative estimate of drug-likeness (QED) is 0.265. The molecule has 1 amide bonds. The lowest BCUT2D eigenvalue weighted by molar-refractivity contribution is -0.443. The van der Waals surface area contributed by atoms with Crippen molar-refractivity contribution < 1.29 is 75.0 Å². The summed E-state index contributed by atoms with van der Waals surface area (Å²) in [6.45, 7) is 0. The molecule has 0 aliphatic carbocycles. The van der Waals surface area contributed by atoms with E-state index in [4.69, 9.17) is 0 Å². The zero-order valence-electron chi connectivity index (χ0n) is 15.5. The lowest BCUT2D eigenvalue weighted by atomic mass is 9.89. The molecular weight excluding hydrogens is 674 g/mol. The van der Waals surface area contributed by atoms with E-state index in [1.807, 2.05) is 0 Å². The zero-order valence-corrected chi connectivity index (χ0v) is 18.7. The number of carbonyl (C=O) groups is 1. The molecule has 20 heteroatoms. The van der Waals surface area contributed by atoms with Crippen LogP contribution in [-0.4, -0.2) is 53.8 Å². The maximum atomic E-state index is 13.8. The summed E-state index contributed by atoms with van der Waals surface area (Å²) < 4.78 is 212. The van der Waals surface area contributed by atoms with Gasteiger partial charge in [-0.2, -0.15) is 61.5 Å². The van der Waals surface area contributed by atoms with Gasteiger partial charge in [0.2, 0.25) is 0 Å². The minimum Gasteiger partial charge on any atom is -0.321 e. The summed E-state index contributed by atoms with van der Waals surface area (Å²) in [6, 6.07) is 2.24. The molecular formula is C15H5Br2F16NO. The number of anilines is 1. The van der Waals surface area contributed by atoms with Crippen molar-refractivity contribution >= 4 is 43.5 Å². The van der Waals surface area contributed by atoms with E-state index >= 15 is 0 Å². The van der Waals surface area contributed by atoms with Crippen LogP contribution in [0.1, 0.15) is 0 Å². The average Bonchev–Trinajstić information content (AvgIpc) is 2.69. The Hall–Kier alpha value is -1.47. The minimum absolute atomic E-state index is 0.0935. The summed E-state index contributed by atoms with van der Waals surface area (Å²) in [5.74, 6) is -59.8. The fraction of sp³-hybridized carbons (Fsp3) is 0.533. The molecule has 1 aromatic rings. The summed E-state index contributed by atoms with van der Waals surface area (Å²) in [5, 5.41) is 0.835. The summed E-state index contributed by atoms with van der Waals surface area (Å²) in [7, 11) is 0. The Bertz CT molecular complexity index is 964. The van der Waals surface area contributed by atoms with Crippen LogP contribution in [0.25, 0.3) is 0 Å². The Morgan fingerprint density at radius 2 is 1.06 bits per heavy atom. The summed E-state index contributed by atoms with van der Waals surface area (Å²) in [4.78, 5) is 11.4. The molecule has 0 aliphatic rings. The Morgan fingerprint density at radius 3 is 1.46 bits per heavy atom. The number of halogens is 18. The second kappa shape index (κ2) is 9.13. The molecule has 202 valence electrons. The van der Waals surface area contributed by atoms with Gasteiger partial charge in [0, 0.05) is 14.6 Å². The van der Waals surface area contributed by atoms with Crippen molar-refractivity contribution in [2.75, 3.05) is 5.32 Å². The maximum absolute atomic E-state index is 13.8. The molecule has 0 atom stereocenters. The van der Waals surface area contributed by atoms with Gasteiger partial charge < -0.3 is 5.32 Å². The van der Waals surface area contributed by atoms with Crippen LogP contribution in [0, 0.1) is 0 Å². The van der Waals surface area contributed by atoms with Crippen molar-refractivity contribution in [3.63, 3.8) is 0 Å². The van der Waals surface area contributed by atoms with Crippen LogP contribution >= 0.6 is 31.9 Å². The van der Waals surface area contributed by atoms with Crippen LogP contribution in [-0.2, 0) is 4.79 Å². The monoisotopic (exact) mass is 677 g/mol. The van der Waals surface area contributed by atoms with Gasteiger partial charge in [-0.1, -0.05) is 0 Å². The first-order valence-electron chi connectivity index (χ1n) is 7.94. The molecule has 0 fully saturated rings. The largest absolute Gasteiger partial charge is 0.393 e. The first-order chi connectivity index (χ1) is 15.2. The number of hydrogen-bond acceptors (Lipinski definition) is 1. The highest BCUT2D eigenvalue weighted by Gasteiger charge is 2.94. The predicted molar refractivity (Wildman–Crippen MR) is 91.1 cm³/mol. The summed E-state index contributed by atoms with van der Waals surface area (Å²) in [5.41, 5.74) is -0.899. The van der Waals surface area contributed by atoms with Crippen molar-refractivity contribution in [2.45, 2.75) is 47.9 Å². The van der Waals surface area contributed by atoms with E-state index in [-0.39, 0.29) is 8.95 Å². The molecule has 0 aliphatic heterocycles. The van der Waals surface area contributed by atoms with Crippen LogP contribution in [0.3, 0.4) is 0 Å². The van der Waals surface area contributed by atoms with E-state index in [0.717, 1.165) is 11.4 Å². The topological polar surface area (TPSA) is 29.1 Å². The molecule has 1 rings (SSSR count). The molecule has 0 unspecified atom stereocenters. The second-order valence-electron chi connectivity index (χ2n) is 6.45. The van der Waals surface area contributed by atoms with Crippen LogP contribution in [0.2, 0.25) is 0 Å². The fourth-order valence-electron chi connectivity index (χ4n) is 2.06. The third kappa shape index (κ3) is 4.56. The molecule has 0 heterocycles. The van der Waals surface area contributed by atoms with Crippen molar-refractivity contribution in [1.29, 1.82) is 0 Å². The smallest absolute Gasteiger partial charge is 0.321 e. The predicted octanol–water partition coefficient (Wildman–Crippen LogP) is 7.86. The van der Waals surface area contributed by atoms with Crippen LogP contribution < -0.4 is 5.32 Å². The van der Waals surface area contributed by atoms with Gasteiger partial charge in [-0.25, -0.2) is 8.78 Å². The number of amides is 1. The maximum Gasteiger partial charge on any atom is 0.393 e. The highest BCUT2D eigenvalue weighted by atomic mass is 79.9. The third-order valence-corrected chi connectivity index (χ3v) is 6.01. The molecule has 35 heavy (non-hydrogen) atoms. The Kier molecular flexibility index (Phi) is 8.23. The first-order valence-corrected chi connectivity index (χ1v) is 9.53. The van der Waals surface area contributed by atoms with Gasteiger partial charge in [0.25, 0.3) is 0 Å². The van der Waals surface area contributed by atoms with E-state index in [1.54, 1.807) is 0 Å². The number of rotatable bonds is 9. The molecule has 0 bridgehead atoms. The highest BCUT2D eigenvalue weighted by Crippen LogP contribution is 2.62. The van der Waals surface area contributed by atoms with Crippen molar-refractivity contribution in [1.82, 2.24) is 0 Å². The molecule has 0 saturated heterocycles. The molecule has 1 N–H and O–H groups in total. The van der Waals surface area contributed by atoms with Crippen molar-refractivity contribution in [3.05, 3.63) is 27.1 Å². The Morgan fingerprint density at radius 1 is 0.657 bits per heavy atom. The van der Waals surface area contributed by atoms with Gasteiger partial charge in [0.15, 0.2) is 0 Å². The third-order valence-electron chi connectivity index (χ3n) is 4.13. The Balaban J connectivity index is 3.54. The summed E-state index contributed by atoms with van der Waals surface area (Å²) >= 11 is 5.56. The standard InChI is InChI=1S/C15H5Br2F16NO/c16-5-2-1-4(3-6(5)17)34-8(35)10(22,23)12(26,27)14(30,31)15(32,33)13(28,29)11(24,25)9(20,21)7(18)19/h1-3,7H,(H,34,35). The van der Waals surface area contributed by atoms with Gasteiger partial charge >= 0.3 is 53.8 Å². The SMILES string of the molecule is O=C(Nc1ccc(Br)c(Br)c1)C(F)(F)C(F)(F)C(F)(F)C(F)(F)C(F)(F)C(F)(F)C(F)(F)C(F)F. The average molecular weight is 679 g/mol. The van der Waals surface area contributed by atoms with Gasteiger partial charge in [-0.05, 0) is 50.1 Å². The van der Waals surface area contributed by atoms with Gasteiger partial charge in [-0.15, -0.1) is 0 Å². The Labute approximate surface area is 199 Å². The number of carbonyl (C=O) groups excluding carboxylic acids is 1. The lowest BCUT2D eigenvalue weighted by Gasteiger charge is -2.42. The van der Waals surface area contributed by atoms with Gasteiger partial charge in [0.05, 0.1) is 0 Å². The van der Waals surface area contributed by atoms with Gasteiger partial charge in [0.1, 0.15) is 0 Å². The van der Waals surface area contributed by atoms with E-state index in [2.05, 4.69) is 31.9 Å².